The molecule has 1 N–H and O–H groups in total. The van der Waals surface area contributed by atoms with Crippen molar-refractivity contribution in [2.45, 2.75) is 25.0 Å². The number of sulfonamides is 1. The molecule has 0 saturated heterocycles. The molecule has 1 aromatic rings. The predicted molar refractivity (Wildman–Crippen MR) is 74.2 cm³/mol. The fourth-order valence-electron chi connectivity index (χ4n) is 1.34. The van der Waals surface area contributed by atoms with Gasteiger partial charge in [0.2, 0.25) is 10.0 Å². The van der Waals surface area contributed by atoms with Crippen molar-refractivity contribution in [3.63, 3.8) is 0 Å². The third kappa shape index (κ3) is 5.53. The maximum absolute atomic E-state index is 12.0. The molecule has 0 radical (unpaired) electrons. The zero-order valence-electron chi connectivity index (χ0n) is 10.8. The molecule has 1 heterocycles. The average molecular weight is 353 g/mol. The number of hydrogen-bond donors (Lipinski definition) is 1. The smallest absolute Gasteiger partial charge is 0.242 e. The first-order valence-electron chi connectivity index (χ1n) is 5.83. The van der Waals surface area contributed by atoms with Gasteiger partial charge in [0, 0.05) is 30.1 Å². The number of rotatable bonds is 8. The predicted octanol–water partition coefficient (Wildman–Crippen LogP) is 1.52. The highest BCUT2D eigenvalue weighted by Crippen LogP contribution is 2.14. The second kappa shape index (κ2) is 7.91. The standard InChI is InChI=1S/C11H17BrN2O4S/c1-3-17-11(18-4-2)8-14-19(15,16)10-5-9(12)6-13-7-10/h5-7,11,14H,3-4,8H2,1-2H3. The van der Waals surface area contributed by atoms with Crippen LogP contribution in [0, 0.1) is 0 Å². The van der Waals surface area contributed by atoms with Gasteiger partial charge in [0.25, 0.3) is 0 Å². The summed E-state index contributed by atoms with van der Waals surface area (Å²) in [6.07, 6.45) is 2.20. The number of ether oxygens (including phenoxy) is 2. The molecule has 0 aliphatic heterocycles. The van der Waals surface area contributed by atoms with Gasteiger partial charge in [0.05, 0.1) is 6.54 Å². The molecule has 0 aliphatic carbocycles. The molecule has 0 saturated carbocycles. The van der Waals surface area contributed by atoms with E-state index in [1.54, 1.807) is 0 Å². The summed E-state index contributed by atoms with van der Waals surface area (Å²) < 4.78 is 37.6. The fourth-order valence-corrected chi connectivity index (χ4v) is 2.86. The largest absolute Gasteiger partial charge is 0.352 e. The minimum absolute atomic E-state index is 0.0521. The molecule has 19 heavy (non-hydrogen) atoms. The monoisotopic (exact) mass is 352 g/mol. The summed E-state index contributed by atoms with van der Waals surface area (Å²) in [5.41, 5.74) is 0. The third-order valence-electron chi connectivity index (χ3n) is 2.14. The SMILES string of the molecule is CCOC(CNS(=O)(=O)c1cncc(Br)c1)OCC. The van der Waals surface area contributed by atoms with Crippen molar-refractivity contribution in [3.8, 4) is 0 Å². The first kappa shape index (κ1) is 16.5. The maximum Gasteiger partial charge on any atom is 0.242 e. The number of pyridine rings is 1. The van der Waals surface area contributed by atoms with Crippen molar-refractivity contribution < 1.29 is 17.9 Å². The Morgan fingerprint density at radius 1 is 1.32 bits per heavy atom. The van der Waals surface area contributed by atoms with Gasteiger partial charge in [-0.25, -0.2) is 13.1 Å². The van der Waals surface area contributed by atoms with Crippen LogP contribution in [-0.2, 0) is 19.5 Å². The Morgan fingerprint density at radius 3 is 2.47 bits per heavy atom. The molecule has 108 valence electrons. The molecule has 6 nitrogen and oxygen atoms in total. The van der Waals surface area contributed by atoms with Gasteiger partial charge in [0.15, 0.2) is 6.29 Å². The molecule has 0 fully saturated rings. The van der Waals surface area contributed by atoms with Crippen LogP contribution in [0.3, 0.4) is 0 Å². The van der Waals surface area contributed by atoms with E-state index in [-0.39, 0.29) is 11.4 Å². The number of nitrogens with zero attached hydrogens (tertiary/aromatic N) is 1. The van der Waals surface area contributed by atoms with Gasteiger partial charge in [-0.15, -0.1) is 0 Å². The van der Waals surface area contributed by atoms with Gasteiger partial charge < -0.3 is 9.47 Å². The lowest BCUT2D eigenvalue weighted by molar-refractivity contribution is -0.130. The van der Waals surface area contributed by atoms with Gasteiger partial charge in [-0.05, 0) is 35.8 Å². The van der Waals surface area contributed by atoms with Crippen LogP contribution in [0.5, 0.6) is 0 Å². The summed E-state index contributed by atoms with van der Waals surface area (Å²) in [6, 6.07) is 1.48. The van der Waals surface area contributed by atoms with Crippen LogP contribution in [-0.4, -0.2) is 39.5 Å². The highest BCUT2D eigenvalue weighted by molar-refractivity contribution is 9.10. The molecule has 0 aliphatic rings. The van der Waals surface area contributed by atoms with E-state index < -0.39 is 16.3 Å². The summed E-state index contributed by atoms with van der Waals surface area (Å²) in [6.45, 7) is 4.59. The van der Waals surface area contributed by atoms with Gasteiger partial charge >= 0.3 is 0 Å². The Kier molecular flexibility index (Phi) is 6.87. The van der Waals surface area contributed by atoms with E-state index in [1.807, 2.05) is 13.8 Å². The molecule has 0 atom stereocenters. The van der Waals surface area contributed by atoms with E-state index in [4.69, 9.17) is 9.47 Å². The Morgan fingerprint density at radius 2 is 1.95 bits per heavy atom. The van der Waals surface area contributed by atoms with E-state index in [0.717, 1.165) is 0 Å². The van der Waals surface area contributed by atoms with E-state index in [0.29, 0.717) is 17.7 Å². The highest BCUT2D eigenvalue weighted by Gasteiger charge is 2.17. The van der Waals surface area contributed by atoms with Gasteiger partial charge in [-0.2, -0.15) is 0 Å². The second-order valence-corrected chi connectivity index (χ2v) is 6.21. The molecule has 1 rings (SSSR count). The van der Waals surface area contributed by atoms with Gasteiger partial charge in [-0.3, -0.25) is 4.98 Å². The Bertz CT molecular complexity index is 489. The molecule has 8 heteroatoms. The van der Waals surface area contributed by atoms with Crippen LogP contribution in [0.1, 0.15) is 13.8 Å². The maximum atomic E-state index is 12.0. The molecule has 0 amide bonds. The van der Waals surface area contributed by atoms with Crippen molar-refractivity contribution >= 4 is 26.0 Å². The highest BCUT2D eigenvalue weighted by atomic mass is 79.9. The molecular formula is C11H17BrN2O4S. The average Bonchev–Trinajstić information content (AvgIpc) is 2.37. The molecule has 0 unspecified atom stereocenters. The summed E-state index contributed by atoms with van der Waals surface area (Å²) in [7, 11) is -3.62. The van der Waals surface area contributed by atoms with Crippen molar-refractivity contribution in [1.82, 2.24) is 9.71 Å². The lowest BCUT2D eigenvalue weighted by Gasteiger charge is -2.17. The third-order valence-corrected chi connectivity index (χ3v) is 3.96. The van der Waals surface area contributed by atoms with E-state index in [2.05, 4.69) is 25.6 Å². The quantitative estimate of drug-likeness (QED) is 0.717. The van der Waals surface area contributed by atoms with Crippen LogP contribution in [0.4, 0.5) is 0 Å². The number of halogens is 1. The van der Waals surface area contributed by atoms with Crippen LogP contribution in [0.15, 0.2) is 27.8 Å². The summed E-state index contributed by atoms with van der Waals surface area (Å²) >= 11 is 3.18. The van der Waals surface area contributed by atoms with Crippen molar-refractivity contribution in [2.75, 3.05) is 19.8 Å². The van der Waals surface area contributed by atoms with Crippen molar-refractivity contribution in [1.29, 1.82) is 0 Å². The minimum atomic E-state index is -3.62. The topological polar surface area (TPSA) is 77.5 Å². The van der Waals surface area contributed by atoms with Crippen LogP contribution in [0.25, 0.3) is 0 Å². The number of aromatic nitrogens is 1. The molecule has 0 aromatic carbocycles. The van der Waals surface area contributed by atoms with Crippen LogP contribution >= 0.6 is 15.9 Å². The van der Waals surface area contributed by atoms with Gasteiger partial charge in [-0.1, -0.05) is 0 Å². The first-order valence-corrected chi connectivity index (χ1v) is 8.10. The number of nitrogens with one attached hydrogen (secondary N) is 1. The lowest BCUT2D eigenvalue weighted by atomic mass is 10.5. The van der Waals surface area contributed by atoms with Crippen LogP contribution in [0.2, 0.25) is 0 Å². The summed E-state index contributed by atoms with van der Waals surface area (Å²) in [5, 5.41) is 0. The minimum Gasteiger partial charge on any atom is -0.352 e. The summed E-state index contributed by atoms with van der Waals surface area (Å²) in [4.78, 5) is 3.91. The second-order valence-electron chi connectivity index (χ2n) is 3.53. The Labute approximate surface area is 121 Å². The fraction of sp³-hybridized carbons (Fsp3) is 0.545. The Balaban J connectivity index is 2.69. The van der Waals surface area contributed by atoms with Crippen molar-refractivity contribution in [2.24, 2.45) is 0 Å². The van der Waals surface area contributed by atoms with E-state index >= 15 is 0 Å². The zero-order valence-corrected chi connectivity index (χ0v) is 13.2. The van der Waals surface area contributed by atoms with E-state index in [1.165, 1.54) is 18.5 Å². The van der Waals surface area contributed by atoms with Crippen molar-refractivity contribution in [3.05, 3.63) is 22.9 Å². The van der Waals surface area contributed by atoms with Gasteiger partial charge in [0.1, 0.15) is 4.90 Å². The molecular weight excluding hydrogens is 336 g/mol. The molecule has 0 bridgehead atoms. The lowest BCUT2D eigenvalue weighted by Crippen LogP contribution is -2.35. The van der Waals surface area contributed by atoms with Crippen LogP contribution < -0.4 is 4.72 Å². The molecule has 1 aromatic heterocycles. The first-order chi connectivity index (χ1) is 8.99. The number of hydrogen-bond acceptors (Lipinski definition) is 5. The summed E-state index contributed by atoms with van der Waals surface area (Å²) in [5.74, 6) is 0. The zero-order chi connectivity index (χ0) is 14.3. The normalized spacial score (nSPS) is 12.0. The van der Waals surface area contributed by atoms with E-state index in [9.17, 15) is 8.42 Å². The molecule has 0 spiro atoms. The Hall–Kier alpha value is -0.540.